The van der Waals surface area contributed by atoms with E-state index in [0.29, 0.717) is 6.42 Å². The number of allylic oxidation sites excluding steroid dienone is 5. The van der Waals surface area contributed by atoms with Crippen molar-refractivity contribution in [3.8, 4) is 0 Å². The Labute approximate surface area is 159 Å². The molecule has 0 heterocycles. The van der Waals surface area contributed by atoms with E-state index < -0.39 is 10.8 Å². The molecule has 0 aliphatic heterocycles. The van der Waals surface area contributed by atoms with Gasteiger partial charge < -0.3 is 10.6 Å². The lowest BCUT2D eigenvalue weighted by Gasteiger charge is -2.37. The lowest BCUT2D eigenvalue weighted by Crippen LogP contribution is -2.43. The highest BCUT2D eigenvalue weighted by atomic mass is 16.2. The molecular weight excluding hydrogens is 324 g/mol. The zero-order valence-corrected chi connectivity index (χ0v) is 17.9. The topological polar surface area (TPSA) is 58.2 Å². The molecule has 1 aliphatic carbocycles. The third-order valence-corrected chi connectivity index (χ3v) is 5.54. The van der Waals surface area contributed by atoms with Gasteiger partial charge in [-0.1, -0.05) is 73.6 Å². The van der Waals surface area contributed by atoms with Crippen molar-refractivity contribution in [3.05, 3.63) is 36.1 Å². The smallest absolute Gasteiger partial charge is 0.230 e. The van der Waals surface area contributed by atoms with E-state index >= 15 is 0 Å². The van der Waals surface area contributed by atoms with E-state index in [-0.39, 0.29) is 22.6 Å². The fraction of sp³-hybridized carbons (Fsp3) is 0.636. The van der Waals surface area contributed by atoms with Gasteiger partial charge in [0.1, 0.15) is 0 Å². The summed E-state index contributed by atoms with van der Waals surface area (Å²) in [5, 5.41) is 5.70. The molecule has 2 amide bonds. The Bertz CT molecular complexity index is 646. The van der Waals surface area contributed by atoms with E-state index in [2.05, 4.69) is 50.5 Å². The molecule has 1 atom stereocenters. The molecule has 2 N–H and O–H groups in total. The Morgan fingerprint density at radius 1 is 0.962 bits per heavy atom. The van der Waals surface area contributed by atoms with Crippen molar-refractivity contribution in [2.75, 3.05) is 7.05 Å². The van der Waals surface area contributed by atoms with Crippen LogP contribution >= 0.6 is 0 Å². The molecule has 0 aromatic heterocycles. The van der Waals surface area contributed by atoms with Gasteiger partial charge in [0.25, 0.3) is 0 Å². The van der Waals surface area contributed by atoms with Gasteiger partial charge in [0.15, 0.2) is 0 Å². The summed E-state index contributed by atoms with van der Waals surface area (Å²) in [6.45, 7) is 16.3. The maximum atomic E-state index is 12.9. The summed E-state index contributed by atoms with van der Waals surface area (Å²) < 4.78 is 0. The highest BCUT2D eigenvalue weighted by Crippen LogP contribution is 2.42. The highest BCUT2D eigenvalue weighted by Gasteiger charge is 2.39. The average molecular weight is 361 g/mol. The number of nitrogens with one attached hydrogen (secondary N) is 2. The molecule has 1 unspecified atom stereocenters. The number of hydrogen-bond acceptors (Lipinski definition) is 2. The summed E-state index contributed by atoms with van der Waals surface area (Å²) in [5.41, 5.74) is -0.538. The van der Waals surface area contributed by atoms with Crippen molar-refractivity contribution < 1.29 is 9.59 Å². The monoisotopic (exact) mass is 360 g/mol. The van der Waals surface area contributed by atoms with E-state index in [1.54, 1.807) is 7.05 Å². The van der Waals surface area contributed by atoms with Crippen molar-refractivity contribution in [1.82, 2.24) is 10.6 Å². The Morgan fingerprint density at radius 2 is 1.50 bits per heavy atom. The second-order valence-corrected chi connectivity index (χ2v) is 9.82. The molecule has 1 rings (SSSR count). The van der Waals surface area contributed by atoms with Crippen LogP contribution in [0.1, 0.15) is 61.8 Å². The summed E-state index contributed by atoms with van der Waals surface area (Å²) in [7, 11) is 1.62. The zero-order chi connectivity index (χ0) is 20.4. The summed E-state index contributed by atoms with van der Waals surface area (Å²) in [5.74, 6) is -0.144. The number of carbonyl (C=O) groups is 2. The van der Waals surface area contributed by atoms with E-state index in [1.165, 1.54) is 0 Å². The Balaban J connectivity index is 2.91. The van der Waals surface area contributed by atoms with Crippen LogP contribution in [0.2, 0.25) is 0 Å². The number of carbonyl (C=O) groups excluding carboxylic acids is 2. The second kappa shape index (κ2) is 7.42. The SMILES string of the molecule is CNC(=O)C(C)(C)CC(C)(C)C(=O)NC1=CC=CC(C)(C(C)(C)C)C=C1. The third kappa shape index (κ3) is 5.09. The van der Waals surface area contributed by atoms with Crippen LogP contribution in [-0.2, 0) is 9.59 Å². The van der Waals surface area contributed by atoms with Gasteiger partial charge in [-0.3, -0.25) is 9.59 Å². The lowest BCUT2D eigenvalue weighted by molar-refractivity contribution is -0.135. The van der Waals surface area contributed by atoms with E-state index in [0.717, 1.165) is 5.70 Å². The average Bonchev–Trinajstić information content (AvgIpc) is 2.67. The Morgan fingerprint density at radius 3 is 2.00 bits per heavy atom. The van der Waals surface area contributed by atoms with Crippen LogP contribution in [0.5, 0.6) is 0 Å². The first kappa shape index (κ1) is 22.2. The molecule has 0 aromatic carbocycles. The lowest BCUT2D eigenvalue weighted by atomic mass is 9.68. The minimum atomic E-state index is -0.673. The van der Waals surface area contributed by atoms with Crippen LogP contribution in [0.25, 0.3) is 0 Å². The first-order valence-corrected chi connectivity index (χ1v) is 9.27. The van der Waals surface area contributed by atoms with Crippen LogP contribution in [-0.4, -0.2) is 18.9 Å². The first-order chi connectivity index (χ1) is 11.6. The molecule has 0 aromatic rings. The van der Waals surface area contributed by atoms with Gasteiger partial charge in [0, 0.05) is 29.0 Å². The normalized spacial score (nSPS) is 21.0. The third-order valence-electron chi connectivity index (χ3n) is 5.54. The fourth-order valence-corrected chi connectivity index (χ4v) is 3.21. The molecule has 4 nitrogen and oxygen atoms in total. The summed E-state index contributed by atoms with van der Waals surface area (Å²) in [4.78, 5) is 24.9. The van der Waals surface area contributed by atoms with Crippen molar-refractivity contribution in [1.29, 1.82) is 0 Å². The van der Waals surface area contributed by atoms with Gasteiger partial charge in [-0.25, -0.2) is 0 Å². The minimum absolute atomic E-state index is 0.0594. The van der Waals surface area contributed by atoms with Gasteiger partial charge in [-0.2, -0.15) is 0 Å². The predicted molar refractivity (Wildman–Crippen MR) is 108 cm³/mol. The predicted octanol–water partition coefficient (Wildman–Crippen LogP) is 4.35. The number of hydrogen-bond donors (Lipinski definition) is 2. The standard InChI is InChI=1S/C22H36N2O2/c1-19(2,3)22(8)13-10-11-16(12-14-22)24-18(26)21(6,7)15-20(4,5)17(25)23-9/h10-14H,15H2,1-9H3,(H,23,25)(H,24,26). The zero-order valence-electron chi connectivity index (χ0n) is 17.9. The fourth-order valence-electron chi connectivity index (χ4n) is 3.21. The molecule has 26 heavy (non-hydrogen) atoms. The van der Waals surface area contributed by atoms with Crippen LogP contribution < -0.4 is 10.6 Å². The quantitative estimate of drug-likeness (QED) is 0.765. The molecule has 0 saturated carbocycles. The highest BCUT2D eigenvalue weighted by molar-refractivity contribution is 5.86. The van der Waals surface area contributed by atoms with Crippen LogP contribution in [0.3, 0.4) is 0 Å². The van der Waals surface area contributed by atoms with Crippen molar-refractivity contribution in [2.45, 2.75) is 61.8 Å². The molecule has 0 bridgehead atoms. The largest absolute Gasteiger partial charge is 0.359 e. The van der Waals surface area contributed by atoms with Gasteiger partial charge >= 0.3 is 0 Å². The number of amides is 2. The van der Waals surface area contributed by atoms with Crippen LogP contribution in [0, 0.1) is 21.7 Å². The van der Waals surface area contributed by atoms with Gasteiger partial charge in [-0.15, -0.1) is 0 Å². The van der Waals surface area contributed by atoms with Gasteiger partial charge in [0.05, 0.1) is 0 Å². The summed E-state index contributed by atoms with van der Waals surface area (Å²) in [6, 6.07) is 0. The maximum absolute atomic E-state index is 12.9. The van der Waals surface area contributed by atoms with E-state index in [4.69, 9.17) is 0 Å². The molecule has 0 radical (unpaired) electrons. The molecule has 0 fully saturated rings. The minimum Gasteiger partial charge on any atom is -0.359 e. The van der Waals surface area contributed by atoms with Gasteiger partial charge in [-0.05, 0) is 24.0 Å². The van der Waals surface area contributed by atoms with Crippen molar-refractivity contribution >= 4 is 11.8 Å². The maximum Gasteiger partial charge on any atom is 0.230 e. The van der Waals surface area contributed by atoms with Crippen molar-refractivity contribution in [2.24, 2.45) is 21.7 Å². The van der Waals surface area contributed by atoms with E-state index in [1.807, 2.05) is 45.9 Å². The van der Waals surface area contributed by atoms with Crippen LogP contribution in [0.15, 0.2) is 36.1 Å². The molecule has 0 saturated heterocycles. The van der Waals surface area contributed by atoms with Gasteiger partial charge in [0.2, 0.25) is 11.8 Å². The van der Waals surface area contributed by atoms with E-state index in [9.17, 15) is 9.59 Å². The molecule has 0 spiro atoms. The molecule has 4 heteroatoms. The van der Waals surface area contributed by atoms with Crippen LogP contribution in [0.4, 0.5) is 0 Å². The van der Waals surface area contributed by atoms with Crippen molar-refractivity contribution in [3.63, 3.8) is 0 Å². The molecule has 1 aliphatic rings. The molecular formula is C22H36N2O2. The second-order valence-electron chi connectivity index (χ2n) is 9.82. The molecule has 146 valence electrons. The Kier molecular flexibility index (Phi) is 6.33. The summed E-state index contributed by atoms with van der Waals surface area (Å²) >= 11 is 0. The Hall–Kier alpha value is -1.84. The summed E-state index contributed by atoms with van der Waals surface area (Å²) in [6.07, 6.45) is 10.7. The number of rotatable bonds is 5. The first-order valence-electron chi connectivity index (χ1n) is 9.27.